The Balaban J connectivity index is 2.28. The Kier molecular flexibility index (Phi) is 3.19. The van der Waals surface area contributed by atoms with Crippen LogP contribution in [0.1, 0.15) is 19.4 Å². The fourth-order valence-electron chi connectivity index (χ4n) is 1.46. The Hall–Kier alpha value is -1.42. The minimum atomic E-state index is 0.387. The van der Waals surface area contributed by atoms with Gasteiger partial charge in [0.2, 0.25) is 5.13 Å². The summed E-state index contributed by atoms with van der Waals surface area (Å²) in [5.41, 5.74) is 2.31. The third-order valence-corrected chi connectivity index (χ3v) is 2.87. The van der Waals surface area contributed by atoms with Gasteiger partial charge in [0, 0.05) is 23.1 Å². The molecular formula is C12H15N3S. The second-order valence-corrected chi connectivity index (χ2v) is 4.79. The zero-order chi connectivity index (χ0) is 11.5. The predicted molar refractivity (Wildman–Crippen MR) is 68.8 cm³/mol. The van der Waals surface area contributed by atoms with Gasteiger partial charge in [0.25, 0.3) is 0 Å². The smallest absolute Gasteiger partial charge is 0.203 e. The summed E-state index contributed by atoms with van der Waals surface area (Å²) in [6.07, 6.45) is 0. The quantitative estimate of drug-likeness (QED) is 0.883. The Morgan fingerprint density at radius 3 is 2.69 bits per heavy atom. The first-order chi connectivity index (χ1) is 7.66. The third-order valence-electron chi connectivity index (χ3n) is 2.22. The van der Waals surface area contributed by atoms with Gasteiger partial charge in [-0.1, -0.05) is 24.3 Å². The molecule has 16 heavy (non-hydrogen) atoms. The van der Waals surface area contributed by atoms with Gasteiger partial charge in [-0.2, -0.15) is 9.36 Å². The Morgan fingerprint density at radius 2 is 2.00 bits per heavy atom. The molecule has 84 valence electrons. The fraction of sp³-hybridized carbons (Fsp3) is 0.333. The average Bonchev–Trinajstić information content (AvgIpc) is 2.66. The summed E-state index contributed by atoms with van der Waals surface area (Å²) >= 11 is 1.41. The number of anilines is 1. The summed E-state index contributed by atoms with van der Waals surface area (Å²) in [5, 5.41) is 4.14. The molecule has 3 nitrogen and oxygen atoms in total. The molecule has 0 atom stereocenters. The van der Waals surface area contributed by atoms with Crippen molar-refractivity contribution in [2.45, 2.75) is 26.8 Å². The molecule has 4 heteroatoms. The van der Waals surface area contributed by atoms with Crippen LogP contribution < -0.4 is 5.32 Å². The lowest BCUT2D eigenvalue weighted by Crippen LogP contribution is -2.08. The molecule has 1 aromatic heterocycles. The molecule has 2 rings (SSSR count). The molecule has 0 bridgehead atoms. The van der Waals surface area contributed by atoms with Crippen LogP contribution >= 0.6 is 11.5 Å². The number of hydrogen-bond acceptors (Lipinski definition) is 4. The van der Waals surface area contributed by atoms with Crippen molar-refractivity contribution < 1.29 is 0 Å². The minimum absolute atomic E-state index is 0.387. The van der Waals surface area contributed by atoms with E-state index in [1.165, 1.54) is 17.1 Å². The molecule has 0 fully saturated rings. The molecule has 0 aliphatic carbocycles. The average molecular weight is 233 g/mol. The van der Waals surface area contributed by atoms with Crippen LogP contribution in [0.5, 0.6) is 0 Å². The molecule has 0 aliphatic rings. The van der Waals surface area contributed by atoms with E-state index in [1.54, 1.807) is 0 Å². The van der Waals surface area contributed by atoms with Crippen LogP contribution in [-0.4, -0.2) is 15.4 Å². The van der Waals surface area contributed by atoms with E-state index < -0.39 is 0 Å². The standard InChI is InChI=1S/C12H15N3S/c1-8(2)13-12-14-11(15-16-12)10-7-5-4-6-9(10)3/h4-8H,1-3H3,(H,13,14,15). The van der Waals surface area contributed by atoms with E-state index in [-0.39, 0.29) is 0 Å². The number of hydrogen-bond donors (Lipinski definition) is 1. The molecule has 0 aliphatic heterocycles. The molecule has 0 amide bonds. The lowest BCUT2D eigenvalue weighted by atomic mass is 10.1. The monoisotopic (exact) mass is 233 g/mol. The van der Waals surface area contributed by atoms with Crippen LogP contribution in [0.15, 0.2) is 24.3 Å². The van der Waals surface area contributed by atoms with Crippen LogP contribution in [0.25, 0.3) is 11.4 Å². The first kappa shape index (κ1) is 11.1. The van der Waals surface area contributed by atoms with Crippen molar-refractivity contribution in [3.05, 3.63) is 29.8 Å². The van der Waals surface area contributed by atoms with Crippen molar-refractivity contribution in [1.29, 1.82) is 0 Å². The topological polar surface area (TPSA) is 37.8 Å². The van der Waals surface area contributed by atoms with Gasteiger partial charge in [-0.05, 0) is 26.3 Å². The summed E-state index contributed by atoms with van der Waals surface area (Å²) in [5.74, 6) is 0.811. The van der Waals surface area contributed by atoms with E-state index in [2.05, 4.69) is 47.6 Å². The van der Waals surface area contributed by atoms with E-state index >= 15 is 0 Å². The third kappa shape index (κ3) is 2.39. The van der Waals surface area contributed by atoms with Gasteiger partial charge < -0.3 is 5.32 Å². The Bertz CT molecular complexity index is 477. The molecule has 1 heterocycles. The van der Waals surface area contributed by atoms with Crippen LogP contribution in [0, 0.1) is 6.92 Å². The van der Waals surface area contributed by atoms with Crippen LogP contribution in [-0.2, 0) is 0 Å². The van der Waals surface area contributed by atoms with Gasteiger partial charge in [0.15, 0.2) is 5.82 Å². The minimum Gasteiger partial charge on any atom is -0.358 e. The summed E-state index contributed by atoms with van der Waals surface area (Å²) in [6.45, 7) is 6.26. The number of rotatable bonds is 3. The van der Waals surface area contributed by atoms with Crippen LogP contribution in [0.3, 0.4) is 0 Å². The lowest BCUT2D eigenvalue weighted by molar-refractivity contribution is 0.896. The van der Waals surface area contributed by atoms with Gasteiger partial charge in [0.1, 0.15) is 0 Å². The number of benzene rings is 1. The van der Waals surface area contributed by atoms with Crippen molar-refractivity contribution in [3.63, 3.8) is 0 Å². The summed E-state index contributed by atoms with van der Waals surface area (Å²) in [6, 6.07) is 8.55. The maximum absolute atomic E-state index is 4.48. The summed E-state index contributed by atoms with van der Waals surface area (Å²) in [7, 11) is 0. The molecular weight excluding hydrogens is 218 g/mol. The van der Waals surface area contributed by atoms with E-state index in [1.807, 2.05) is 12.1 Å². The maximum atomic E-state index is 4.48. The first-order valence-corrected chi connectivity index (χ1v) is 6.10. The number of aryl methyl sites for hydroxylation is 1. The van der Waals surface area contributed by atoms with Crippen molar-refractivity contribution in [2.24, 2.45) is 0 Å². The van der Waals surface area contributed by atoms with E-state index in [4.69, 9.17) is 0 Å². The highest BCUT2D eigenvalue weighted by Gasteiger charge is 2.08. The second-order valence-electron chi connectivity index (χ2n) is 4.04. The van der Waals surface area contributed by atoms with Gasteiger partial charge in [-0.15, -0.1) is 0 Å². The summed E-state index contributed by atoms with van der Waals surface area (Å²) in [4.78, 5) is 4.48. The first-order valence-electron chi connectivity index (χ1n) is 5.33. The highest BCUT2D eigenvalue weighted by Crippen LogP contribution is 2.23. The lowest BCUT2D eigenvalue weighted by Gasteiger charge is -2.03. The number of aromatic nitrogens is 2. The van der Waals surface area contributed by atoms with Crippen molar-refractivity contribution >= 4 is 16.7 Å². The summed E-state index contributed by atoms with van der Waals surface area (Å²) < 4.78 is 4.37. The largest absolute Gasteiger partial charge is 0.358 e. The number of nitrogens with one attached hydrogen (secondary N) is 1. The fourth-order valence-corrected chi connectivity index (χ4v) is 2.19. The molecule has 1 aromatic carbocycles. The van der Waals surface area contributed by atoms with E-state index in [9.17, 15) is 0 Å². The highest BCUT2D eigenvalue weighted by atomic mass is 32.1. The van der Waals surface area contributed by atoms with Crippen molar-refractivity contribution in [3.8, 4) is 11.4 Å². The number of nitrogens with zero attached hydrogens (tertiary/aromatic N) is 2. The molecule has 0 spiro atoms. The Labute approximate surface area is 99.7 Å². The predicted octanol–water partition coefficient (Wildman–Crippen LogP) is 3.33. The highest BCUT2D eigenvalue weighted by molar-refractivity contribution is 7.09. The zero-order valence-electron chi connectivity index (χ0n) is 9.69. The maximum Gasteiger partial charge on any atom is 0.203 e. The Morgan fingerprint density at radius 1 is 1.25 bits per heavy atom. The normalized spacial score (nSPS) is 10.8. The van der Waals surface area contributed by atoms with Gasteiger partial charge in [0.05, 0.1) is 0 Å². The van der Waals surface area contributed by atoms with Crippen LogP contribution in [0.4, 0.5) is 5.13 Å². The van der Waals surface area contributed by atoms with Gasteiger partial charge in [-0.25, -0.2) is 0 Å². The molecule has 0 radical (unpaired) electrons. The molecule has 2 aromatic rings. The molecule has 0 unspecified atom stereocenters. The van der Waals surface area contributed by atoms with Gasteiger partial charge >= 0.3 is 0 Å². The van der Waals surface area contributed by atoms with E-state index in [0.29, 0.717) is 6.04 Å². The van der Waals surface area contributed by atoms with Crippen molar-refractivity contribution in [1.82, 2.24) is 9.36 Å². The second kappa shape index (κ2) is 4.61. The van der Waals surface area contributed by atoms with Crippen molar-refractivity contribution in [2.75, 3.05) is 5.32 Å². The SMILES string of the molecule is Cc1ccccc1-c1nsc(NC(C)C)n1. The van der Waals surface area contributed by atoms with Crippen LogP contribution in [0.2, 0.25) is 0 Å². The van der Waals surface area contributed by atoms with E-state index in [0.717, 1.165) is 16.5 Å². The molecule has 0 saturated heterocycles. The van der Waals surface area contributed by atoms with Gasteiger partial charge in [-0.3, -0.25) is 0 Å². The molecule has 0 saturated carbocycles. The zero-order valence-corrected chi connectivity index (χ0v) is 10.5. The molecule has 1 N–H and O–H groups in total.